The Morgan fingerprint density at radius 3 is 2.51 bits per heavy atom. The molecule has 1 N–H and O–H groups in total. The Labute approximate surface area is 249 Å². The quantitative estimate of drug-likeness (QED) is 0.193. The van der Waals surface area contributed by atoms with Crippen LogP contribution in [-0.4, -0.2) is 35.5 Å². The first-order valence-electron chi connectivity index (χ1n) is 12.5. The van der Waals surface area contributed by atoms with Crippen LogP contribution in [0.2, 0.25) is 5.02 Å². The van der Waals surface area contributed by atoms with Crippen LogP contribution in [0.5, 0.6) is 11.5 Å². The molecule has 1 aromatic heterocycles. The molecule has 5 aromatic rings. The normalized spacial score (nSPS) is 11.1. The highest BCUT2D eigenvalue weighted by molar-refractivity contribution is 9.10. The van der Waals surface area contributed by atoms with E-state index in [1.165, 1.54) is 18.0 Å². The minimum Gasteiger partial charge on any atom is -0.493 e. The van der Waals surface area contributed by atoms with E-state index < -0.39 is 0 Å². The lowest BCUT2D eigenvalue weighted by Crippen LogP contribution is -2.20. The molecule has 1 heterocycles. The third-order valence-electron chi connectivity index (χ3n) is 6.16. The summed E-state index contributed by atoms with van der Waals surface area (Å²) in [5, 5.41) is 7.90. The minimum atomic E-state index is -0.356. The van der Waals surface area contributed by atoms with Crippen LogP contribution in [-0.2, 0) is 4.79 Å². The molecule has 206 valence electrons. The average Bonchev–Trinajstić information content (AvgIpc) is 2.99. The number of para-hydroxylation sites is 1. The van der Waals surface area contributed by atoms with E-state index in [-0.39, 0.29) is 34.6 Å². The number of ether oxygens (including phenoxy) is 2. The number of hydrogen-bond donors (Lipinski definition) is 1. The zero-order valence-corrected chi connectivity index (χ0v) is 24.4. The number of aromatic nitrogens is 2. The molecule has 0 spiro atoms. The largest absolute Gasteiger partial charge is 0.493 e. The second-order valence-corrected chi connectivity index (χ2v) is 10.2. The average molecular weight is 632 g/mol. The molecular weight excluding hydrogens is 608 g/mol. The first kappa shape index (κ1) is 28.1. The maximum Gasteiger partial charge on any atom is 0.282 e. The molecule has 5 rings (SSSR count). The molecule has 8 nitrogen and oxygen atoms in total. The smallest absolute Gasteiger partial charge is 0.282 e. The monoisotopic (exact) mass is 630 g/mol. The van der Waals surface area contributed by atoms with Gasteiger partial charge in [-0.15, -0.1) is 0 Å². The maximum absolute atomic E-state index is 13.5. The maximum atomic E-state index is 13.5. The van der Waals surface area contributed by atoms with Crippen LogP contribution in [0.3, 0.4) is 0 Å². The highest BCUT2D eigenvalue weighted by Gasteiger charge is 2.19. The van der Waals surface area contributed by atoms with E-state index in [1.807, 2.05) is 67.6 Å². The summed E-state index contributed by atoms with van der Waals surface area (Å²) in [6.45, 7) is 1.68. The lowest BCUT2D eigenvalue weighted by molar-refractivity contribution is -0.118. The lowest BCUT2D eigenvalue weighted by Gasteiger charge is -2.15. The third-order valence-corrected chi connectivity index (χ3v) is 7.60. The van der Waals surface area contributed by atoms with E-state index in [0.717, 1.165) is 11.1 Å². The fraction of sp³-hybridized carbons (Fsp3) is 0.0968. The summed E-state index contributed by atoms with van der Waals surface area (Å²) in [5.74, 6) is 0.506. The van der Waals surface area contributed by atoms with Crippen LogP contribution in [0.15, 0.2) is 99.3 Å². The first-order chi connectivity index (χ1) is 19.9. The van der Waals surface area contributed by atoms with E-state index in [2.05, 4.69) is 26.3 Å². The molecule has 0 fully saturated rings. The van der Waals surface area contributed by atoms with E-state index >= 15 is 0 Å². The van der Waals surface area contributed by atoms with Crippen molar-refractivity contribution in [2.24, 2.45) is 5.10 Å². The van der Waals surface area contributed by atoms with Gasteiger partial charge in [0.1, 0.15) is 5.02 Å². The molecule has 0 unspecified atom stereocenters. The third kappa shape index (κ3) is 6.16. The number of benzene rings is 4. The van der Waals surface area contributed by atoms with Crippen molar-refractivity contribution in [1.82, 2.24) is 9.66 Å². The van der Waals surface area contributed by atoms with Crippen molar-refractivity contribution in [2.75, 3.05) is 19.0 Å². The number of aryl methyl sites for hydroxylation is 1. The molecule has 0 radical (unpaired) electrons. The molecule has 0 aliphatic rings. The van der Waals surface area contributed by atoms with Gasteiger partial charge in [0, 0.05) is 21.3 Å². The van der Waals surface area contributed by atoms with Gasteiger partial charge in [-0.25, -0.2) is 4.98 Å². The first-order valence-corrected chi connectivity index (χ1v) is 13.7. The van der Waals surface area contributed by atoms with Gasteiger partial charge in [-0.2, -0.15) is 9.78 Å². The van der Waals surface area contributed by atoms with Gasteiger partial charge in [0.15, 0.2) is 23.9 Å². The highest BCUT2D eigenvalue weighted by atomic mass is 79.9. The van der Waals surface area contributed by atoms with Gasteiger partial charge >= 0.3 is 0 Å². The summed E-state index contributed by atoms with van der Waals surface area (Å²) in [6.07, 6.45) is 1.48. The Kier molecular flexibility index (Phi) is 8.47. The summed E-state index contributed by atoms with van der Waals surface area (Å²) in [7, 11) is 1.46. The standard InChI is InChI=1S/C31H24BrClN4O4/c1-19-12-14-22(15-13-19)35-26(38)18-41-29-25(40-2)16-21(27(32)28(29)33)17-34-37-30(20-8-4-3-5-9-20)36-24-11-7-6-10-23(24)31(37)39/h3-17H,18H2,1-2H3,(H,35,38). The van der Waals surface area contributed by atoms with Gasteiger partial charge in [0.05, 0.1) is 24.2 Å². The number of carbonyl (C=O) groups is 1. The van der Waals surface area contributed by atoms with Gasteiger partial charge < -0.3 is 14.8 Å². The van der Waals surface area contributed by atoms with E-state index in [9.17, 15) is 9.59 Å². The fourth-order valence-electron chi connectivity index (χ4n) is 4.08. The molecule has 0 bridgehead atoms. The lowest BCUT2D eigenvalue weighted by atomic mass is 10.2. The van der Waals surface area contributed by atoms with Crippen LogP contribution in [0.1, 0.15) is 11.1 Å². The number of nitrogens with one attached hydrogen (secondary N) is 1. The Hall–Kier alpha value is -4.47. The fourth-order valence-corrected chi connectivity index (χ4v) is 4.73. The molecule has 1 amide bonds. The predicted molar refractivity (Wildman–Crippen MR) is 165 cm³/mol. The summed E-state index contributed by atoms with van der Waals surface area (Å²) in [4.78, 5) is 30.6. The number of rotatable bonds is 8. The number of carbonyl (C=O) groups excluding carboxylic acids is 1. The van der Waals surface area contributed by atoms with Crippen molar-refractivity contribution in [1.29, 1.82) is 0 Å². The molecule has 0 aliphatic carbocycles. The molecule has 41 heavy (non-hydrogen) atoms. The van der Waals surface area contributed by atoms with E-state index in [0.29, 0.717) is 32.5 Å². The number of amides is 1. The number of methoxy groups -OCH3 is 1. The molecular formula is C31H24BrClN4O4. The SMILES string of the molecule is COc1cc(C=Nn2c(-c3ccccc3)nc3ccccc3c2=O)c(Br)c(Cl)c1OCC(=O)Nc1ccc(C)cc1. The van der Waals surface area contributed by atoms with E-state index in [1.54, 1.807) is 24.3 Å². The van der Waals surface area contributed by atoms with Crippen molar-refractivity contribution in [3.63, 3.8) is 0 Å². The second-order valence-electron chi connectivity index (χ2n) is 9.01. The zero-order chi connectivity index (χ0) is 28.9. The number of hydrogen-bond acceptors (Lipinski definition) is 6. The Balaban J connectivity index is 1.46. The Bertz CT molecular complexity index is 1820. The molecule has 0 atom stereocenters. The van der Waals surface area contributed by atoms with E-state index in [4.69, 9.17) is 26.1 Å². The summed E-state index contributed by atoms with van der Waals surface area (Å²) in [5.41, 5.74) is 3.24. The number of anilines is 1. The van der Waals surface area contributed by atoms with Crippen LogP contribution in [0, 0.1) is 6.92 Å². The van der Waals surface area contributed by atoms with Gasteiger partial charge in [-0.05, 0) is 53.2 Å². The topological polar surface area (TPSA) is 94.8 Å². The Morgan fingerprint density at radius 1 is 1.07 bits per heavy atom. The molecule has 0 aliphatic heterocycles. The van der Waals surface area contributed by atoms with Crippen molar-refractivity contribution in [3.05, 3.63) is 116 Å². The number of nitrogens with zero attached hydrogens (tertiary/aromatic N) is 3. The predicted octanol–water partition coefficient (Wildman–Crippen LogP) is 6.70. The van der Waals surface area contributed by atoms with Crippen molar-refractivity contribution < 1.29 is 14.3 Å². The van der Waals surface area contributed by atoms with Crippen molar-refractivity contribution in [3.8, 4) is 22.9 Å². The summed E-state index contributed by atoms with van der Waals surface area (Å²) >= 11 is 10.1. The van der Waals surface area contributed by atoms with Crippen LogP contribution in [0.4, 0.5) is 5.69 Å². The van der Waals surface area contributed by atoms with Crippen molar-refractivity contribution >= 4 is 56.2 Å². The minimum absolute atomic E-state index is 0.182. The van der Waals surface area contributed by atoms with Gasteiger partial charge in [-0.3, -0.25) is 9.59 Å². The summed E-state index contributed by atoms with van der Waals surface area (Å²) in [6, 6.07) is 25.5. The highest BCUT2D eigenvalue weighted by Crippen LogP contribution is 2.42. The van der Waals surface area contributed by atoms with Crippen molar-refractivity contribution in [2.45, 2.75) is 6.92 Å². The zero-order valence-electron chi connectivity index (χ0n) is 22.1. The molecule has 0 saturated heterocycles. The van der Waals surface area contributed by atoms with Crippen LogP contribution >= 0.6 is 27.5 Å². The van der Waals surface area contributed by atoms with Gasteiger partial charge in [0.2, 0.25) is 0 Å². The van der Waals surface area contributed by atoms with Crippen LogP contribution < -0.4 is 20.3 Å². The number of halogens is 2. The molecule has 10 heteroatoms. The number of fused-ring (bicyclic) bond motifs is 1. The van der Waals surface area contributed by atoms with Gasteiger partial charge in [-0.1, -0.05) is 71.8 Å². The molecule has 0 saturated carbocycles. The summed E-state index contributed by atoms with van der Waals surface area (Å²) < 4.78 is 13.0. The van der Waals surface area contributed by atoms with Crippen LogP contribution in [0.25, 0.3) is 22.3 Å². The Morgan fingerprint density at radius 2 is 1.78 bits per heavy atom. The second kappa shape index (κ2) is 12.4. The molecule has 4 aromatic carbocycles. The van der Waals surface area contributed by atoms with Gasteiger partial charge in [0.25, 0.3) is 11.5 Å².